The predicted molar refractivity (Wildman–Crippen MR) is 106 cm³/mol. The van der Waals surface area contributed by atoms with Crippen LogP contribution in [-0.4, -0.2) is 24.2 Å². The van der Waals surface area contributed by atoms with Gasteiger partial charge in [0, 0.05) is 6.54 Å². The molecule has 1 heterocycles. The largest absolute Gasteiger partial charge is 0.488 e. The van der Waals surface area contributed by atoms with Gasteiger partial charge in [0.2, 0.25) is 0 Å². The summed E-state index contributed by atoms with van der Waals surface area (Å²) < 4.78 is 39.7. The molecule has 0 atom stereocenters. The van der Waals surface area contributed by atoms with Gasteiger partial charge in [-0.3, -0.25) is 4.79 Å². The quantitative estimate of drug-likeness (QED) is 0.558. The van der Waals surface area contributed by atoms with Crippen LogP contribution < -0.4 is 14.8 Å². The van der Waals surface area contributed by atoms with Crippen LogP contribution in [0.5, 0.6) is 11.5 Å². The maximum Gasteiger partial charge on any atom is 0.387 e. The molecule has 3 aromatic rings. The van der Waals surface area contributed by atoms with Crippen LogP contribution in [0.4, 0.5) is 8.78 Å². The molecular formula is C22H22F2N2O4. The lowest BCUT2D eigenvalue weighted by Gasteiger charge is -2.12. The Balaban J connectivity index is 1.55. The van der Waals surface area contributed by atoms with E-state index in [2.05, 4.69) is 15.2 Å². The Morgan fingerprint density at radius 3 is 2.53 bits per heavy atom. The van der Waals surface area contributed by atoms with E-state index in [1.807, 2.05) is 13.8 Å². The summed E-state index contributed by atoms with van der Waals surface area (Å²) in [6.45, 7) is 1.42. The Hall–Kier alpha value is -3.42. The van der Waals surface area contributed by atoms with E-state index in [9.17, 15) is 13.6 Å². The van der Waals surface area contributed by atoms with E-state index < -0.39 is 6.61 Å². The van der Waals surface area contributed by atoms with Gasteiger partial charge in [0.1, 0.15) is 23.9 Å². The number of ether oxygens (including phenoxy) is 2. The summed E-state index contributed by atoms with van der Waals surface area (Å²) in [6.07, 6.45) is 0.544. The highest BCUT2D eigenvalue weighted by atomic mass is 19.3. The zero-order valence-corrected chi connectivity index (χ0v) is 16.7. The van der Waals surface area contributed by atoms with Gasteiger partial charge in [0.15, 0.2) is 0 Å². The Morgan fingerprint density at radius 1 is 1.13 bits per heavy atom. The number of carbonyl (C=O) groups is 1. The number of halogens is 2. The van der Waals surface area contributed by atoms with Crippen molar-refractivity contribution in [3.63, 3.8) is 0 Å². The molecule has 0 fully saturated rings. The smallest absolute Gasteiger partial charge is 0.387 e. The van der Waals surface area contributed by atoms with Gasteiger partial charge in [-0.15, -0.1) is 0 Å². The molecule has 2 aromatic carbocycles. The number of rotatable bonds is 9. The Morgan fingerprint density at radius 2 is 1.87 bits per heavy atom. The van der Waals surface area contributed by atoms with Crippen molar-refractivity contribution in [2.24, 2.45) is 0 Å². The van der Waals surface area contributed by atoms with Crippen LogP contribution in [0.15, 0.2) is 53.1 Å². The lowest BCUT2D eigenvalue weighted by molar-refractivity contribution is -0.0498. The van der Waals surface area contributed by atoms with E-state index >= 15 is 0 Å². The van der Waals surface area contributed by atoms with Gasteiger partial charge >= 0.3 is 6.61 Å². The first kappa shape index (κ1) is 21.3. The zero-order chi connectivity index (χ0) is 21.5. The Labute approximate surface area is 172 Å². The number of aromatic nitrogens is 1. The third-order valence-electron chi connectivity index (χ3n) is 4.53. The van der Waals surface area contributed by atoms with E-state index in [1.165, 1.54) is 12.1 Å². The van der Waals surface area contributed by atoms with Crippen molar-refractivity contribution < 1.29 is 27.6 Å². The molecule has 0 spiro atoms. The molecule has 0 aliphatic heterocycles. The number of carbonyl (C=O) groups excluding carboxylic acids is 1. The maximum absolute atomic E-state index is 12.6. The Kier molecular flexibility index (Phi) is 7.00. The third-order valence-corrected chi connectivity index (χ3v) is 4.53. The number of alkyl halides is 2. The summed E-state index contributed by atoms with van der Waals surface area (Å²) in [6, 6.07) is 13.3. The van der Waals surface area contributed by atoms with Crippen LogP contribution in [0.1, 0.15) is 32.9 Å². The van der Waals surface area contributed by atoms with E-state index in [4.69, 9.17) is 9.26 Å². The number of hydrogen-bond acceptors (Lipinski definition) is 5. The molecule has 1 aromatic heterocycles. The molecule has 0 bridgehead atoms. The summed E-state index contributed by atoms with van der Waals surface area (Å²) >= 11 is 0. The monoisotopic (exact) mass is 416 g/mol. The van der Waals surface area contributed by atoms with Crippen LogP contribution >= 0.6 is 0 Å². The predicted octanol–water partition coefficient (Wildman–Crippen LogP) is 4.44. The van der Waals surface area contributed by atoms with Gasteiger partial charge in [0.05, 0.1) is 16.8 Å². The summed E-state index contributed by atoms with van der Waals surface area (Å²) in [4.78, 5) is 12.6. The molecule has 0 aliphatic rings. The van der Waals surface area contributed by atoms with Crippen molar-refractivity contribution in [2.75, 3.05) is 6.54 Å². The highest BCUT2D eigenvalue weighted by molar-refractivity contribution is 5.96. The number of amides is 1. The molecule has 0 radical (unpaired) electrons. The molecule has 6 nitrogen and oxygen atoms in total. The maximum atomic E-state index is 12.6. The number of nitrogens with zero attached hydrogens (tertiary/aromatic N) is 1. The lowest BCUT2D eigenvalue weighted by Crippen LogP contribution is -2.26. The minimum Gasteiger partial charge on any atom is -0.488 e. The Bertz CT molecular complexity index is 968. The van der Waals surface area contributed by atoms with Crippen molar-refractivity contribution in [3.8, 4) is 11.5 Å². The molecule has 1 amide bonds. The normalized spacial score (nSPS) is 10.8. The average Bonchev–Trinajstić information content (AvgIpc) is 3.05. The van der Waals surface area contributed by atoms with Crippen molar-refractivity contribution in [2.45, 2.75) is 33.5 Å². The fourth-order valence-electron chi connectivity index (χ4n) is 2.89. The van der Waals surface area contributed by atoms with E-state index in [1.54, 1.807) is 36.4 Å². The highest BCUT2D eigenvalue weighted by Crippen LogP contribution is 2.21. The van der Waals surface area contributed by atoms with Gasteiger partial charge in [-0.05, 0) is 50.1 Å². The molecule has 30 heavy (non-hydrogen) atoms. The number of benzene rings is 2. The fraction of sp³-hybridized carbons (Fsp3) is 0.273. The second-order valence-corrected chi connectivity index (χ2v) is 6.62. The standard InChI is InChI=1S/C22H22F2N2O4/c1-14-19(15(2)30-26-14)13-28-20-6-4-3-5-18(20)21(27)25-12-11-16-7-9-17(10-8-16)29-22(23)24/h3-10,22H,11-13H2,1-2H3,(H,25,27). The first-order valence-electron chi connectivity index (χ1n) is 9.39. The second-order valence-electron chi connectivity index (χ2n) is 6.62. The van der Waals surface area contributed by atoms with E-state index in [0.717, 1.165) is 16.8 Å². The van der Waals surface area contributed by atoms with E-state index in [0.29, 0.717) is 30.0 Å². The summed E-state index contributed by atoms with van der Waals surface area (Å²) in [5, 5.41) is 6.74. The molecule has 3 rings (SSSR count). The topological polar surface area (TPSA) is 73.6 Å². The minimum absolute atomic E-state index is 0.0992. The molecule has 0 aliphatic carbocycles. The number of aryl methyl sites for hydroxylation is 2. The molecule has 0 saturated carbocycles. The number of para-hydroxylation sites is 1. The second kappa shape index (κ2) is 9.87. The summed E-state index contributed by atoms with van der Waals surface area (Å²) in [5.41, 5.74) is 2.91. The van der Waals surface area contributed by atoms with Gasteiger partial charge in [-0.1, -0.05) is 29.4 Å². The van der Waals surface area contributed by atoms with Gasteiger partial charge in [-0.25, -0.2) is 0 Å². The van der Waals surface area contributed by atoms with Crippen molar-refractivity contribution >= 4 is 5.91 Å². The summed E-state index contributed by atoms with van der Waals surface area (Å²) in [5.74, 6) is 0.979. The lowest BCUT2D eigenvalue weighted by atomic mass is 10.1. The molecule has 8 heteroatoms. The zero-order valence-electron chi connectivity index (χ0n) is 16.7. The SMILES string of the molecule is Cc1noc(C)c1COc1ccccc1C(=O)NCCc1ccc(OC(F)F)cc1. The van der Waals surface area contributed by atoms with Crippen LogP contribution in [0.2, 0.25) is 0 Å². The van der Waals surface area contributed by atoms with Crippen LogP contribution in [0.3, 0.4) is 0 Å². The van der Waals surface area contributed by atoms with Gasteiger partial charge in [-0.2, -0.15) is 8.78 Å². The van der Waals surface area contributed by atoms with Crippen molar-refractivity contribution in [1.29, 1.82) is 0 Å². The minimum atomic E-state index is -2.85. The average molecular weight is 416 g/mol. The van der Waals surface area contributed by atoms with Gasteiger partial charge < -0.3 is 19.3 Å². The van der Waals surface area contributed by atoms with Crippen molar-refractivity contribution in [3.05, 3.63) is 76.7 Å². The summed E-state index contributed by atoms with van der Waals surface area (Å²) in [7, 11) is 0. The van der Waals surface area contributed by atoms with Crippen LogP contribution in [0, 0.1) is 13.8 Å². The van der Waals surface area contributed by atoms with Crippen LogP contribution in [0.25, 0.3) is 0 Å². The van der Waals surface area contributed by atoms with E-state index in [-0.39, 0.29) is 18.3 Å². The number of hydrogen-bond donors (Lipinski definition) is 1. The molecule has 0 saturated heterocycles. The molecular weight excluding hydrogens is 394 g/mol. The first-order chi connectivity index (χ1) is 14.4. The van der Waals surface area contributed by atoms with Gasteiger partial charge in [0.25, 0.3) is 5.91 Å². The molecule has 1 N–H and O–H groups in total. The third kappa shape index (κ3) is 5.56. The fourth-order valence-corrected chi connectivity index (χ4v) is 2.89. The first-order valence-corrected chi connectivity index (χ1v) is 9.39. The molecule has 0 unspecified atom stereocenters. The van der Waals surface area contributed by atoms with Crippen LogP contribution in [-0.2, 0) is 13.0 Å². The van der Waals surface area contributed by atoms with Crippen molar-refractivity contribution in [1.82, 2.24) is 10.5 Å². The molecule has 158 valence electrons. The number of nitrogens with one attached hydrogen (secondary N) is 1. The highest BCUT2D eigenvalue weighted by Gasteiger charge is 2.14.